The minimum absolute atomic E-state index is 0.304. The van der Waals surface area contributed by atoms with Crippen molar-refractivity contribution in [3.63, 3.8) is 0 Å². The number of halogens is 1. The van der Waals surface area contributed by atoms with Crippen LogP contribution in [0, 0.1) is 0 Å². The maximum atomic E-state index is 12.6. The average Bonchev–Trinajstić information content (AvgIpc) is 3.13. The summed E-state index contributed by atoms with van der Waals surface area (Å²) in [6, 6.07) is 14.4. The molecule has 0 atom stereocenters. The Morgan fingerprint density at radius 2 is 1.54 bits per heavy atom. The smallest absolute Gasteiger partial charge is 0.236 e. The fourth-order valence-corrected chi connectivity index (χ4v) is 5.06. The van der Waals surface area contributed by atoms with E-state index in [9.17, 15) is 8.42 Å². The molecule has 3 aromatic rings. The maximum absolute atomic E-state index is 12.6. The minimum atomic E-state index is -3.44. The monoisotopic (exact) mass is 406 g/mol. The molecule has 0 saturated carbocycles. The quantitative estimate of drug-likeness (QED) is 0.568. The number of aromatic nitrogens is 1. The molecule has 1 aromatic heterocycles. The molecule has 7 heteroatoms. The molecule has 0 aliphatic rings. The Balaban J connectivity index is 1.87. The van der Waals surface area contributed by atoms with Crippen molar-refractivity contribution in [2.24, 2.45) is 0 Å². The van der Waals surface area contributed by atoms with Crippen LogP contribution < -0.4 is 0 Å². The molecule has 0 fully saturated rings. The first-order chi connectivity index (χ1) is 12.5. The van der Waals surface area contributed by atoms with Gasteiger partial charge in [0.25, 0.3) is 0 Å². The third-order valence-corrected chi connectivity index (χ3v) is 7.30. The van der Waals surface area contributed by atoms with Gasteiger partial charge in [-0.25, -0.2) is 13.4 Å². The lowest BCUT2D eigenvalue weighted by Gasteiger charge is -2.18. The number of rotatable bonds is 6. The van der Waals surface area contributed by atoms with E-state index in [1.54, 1.807) is 35.6 Å². The summed E-state index contributed by atoms with van der Waals surface area (Å²) in [6.45, 7) is 4.58. The van der Waals surface area contributed by atoms with Gasteiger partial charge in [0.1, 0.15) is 5.01 Å². The Morgan fingerprint density at radius 1 is 0.962 bits per heavy atom. The molecule has 0 aliphatic carbocycles. The lowest BCUT2D eigenvalue weighted by Crippen LogP contribution is -2.30. The highest BCUT2D eigenvalue weighted by Gasteiger charge is 2.21. The van der Waals surface area contributed by atoms with E-state index < -0.39 is 10.0 Å². The molecule has 0 bridgehead atoms. The molecular weight excluding hydrogens is 388 g/mol. The van der Waals surface area contributed by atoms with Gasteiger partial charge in [-0.05, 0) is 24.3 Å². The van der Waals surface area contributed by atoms with Gasteiger partial charge in [-0.15, -0.1) is 11.3 Å². The first-order valence-corrected chi connectivity index (χ1v) is 11.0. The SMILES string of the molecule is CCN(CC)S(=O)(=O)c1ccc(-c2csc(-c3ccc(Cl)cc3)n2)cc1. The van der Waals surface area contributed by atoms with Gasteiger partial charge >= 0.3 is 0 Å². The average molecular weight is 407 g/mol. The van der Waals surface area contributed by atoms with E-state index in [1.165, 1.54) is 4.31 Å². The summed E-state index contributed by atoms with van der Waals surface area (Å²) < 4.78 is 26.6. The standard InChI is InChI=1S/C19H19ClN2O2S2/c1-3-22(4-2)26(23,24)17-11-7-14(8-12-17)18-13-25-19(21-18)15-5-9-16(20)10-6-15/h5-13H,3-4H2,1-2H3. The van der Waals surface area contributed by atoms with Crippen molar-refractivity contribution in [3.05, 3.63) is 58.9 Å². The topological polar surface area (TPSA) is 50.3 Å². The maximum Gasteiger partial charge on any atom is 0.243 e. The predicted molar refractivity (Wildman–Crippen MR) is 108 cm³/mol. The summed E-state index contributed by atoms with van der Waals surface area (Å²) in [5.41, 5.74) is 2.72. The van der Waals surface area contributed by atoms with Crippen molar-refractivity contribution < 1.29 is 8.42 Å². The van der Waals surface area contributed by atoms with Crippen molar-refractivity contribution in [1.29, 1.82) is 0 Å². The third-order valence-electron chi connectivity index (χ3n) is 4.09. The predicted octanol–water partition coefficient (Wildman–Crippen LogP) is 5.16. The van der Waals surface area contributed by atoms with Gasteiger partial charge in [0.05, 0.1) is 10.6 Å². The molecule has 0 saturated heterocycles. The van der Waals surface area contributed by atoms with Crippen LogP contribution in [-0.4, -0.2) is 30.8 Å². The second-order valence-electron chi connectivity index (χ2n) is 5.66. The van der Waals surface area contributed by atoms with Crippen LogP contribution in [0.2, 0.25) is 5.02 Å². The van der Waals surface area contributed by atoms with Crippen LogP contribution >= 0.6 is 22.9 Å². The van der Waals surface area contributed by atoms with Crippen LogP contribution in [0.15, 0.2) is 58.8 Å². The first kappa shape index (κ1) is 19.0. The summed E-state index contributed by atoms with van der Waals surface area (Å²) in [6.07, 6.45) is 0. The van der Waals surface area contributed by atoms with E-state index in [-0.39, 0.29) is 0 Å². The second kappa shape index (κ2) is 7.88. The molecule has 4 nitrogen and oxygen atoms in total. The molecule has 0 amide bonds. The highest BCUT2D eigenvalue weighted by molar-refractivity contribution is 7.89. The summed E-state index contributed by atoms with van der Waals surface area (Å²) in [5, 5.41) is 3.56. The van der Waals surface area contributed by atoms with E-state index in [0.717, 1.165) is 21.8 Å². The zero-order valence-corrected chi connectivity index (χ0v) is 16.9. The van der Waals surface area contributed by atoms with E-state index in [0.29, 0.717) is 23.0 Å². The van der Waals surface area contributed by atoms with Crippen LogP contribution in [0.3, 0.4) is 0 Å². The van der Waals surface area contributed by atoms with Crippen LogP contribution in [-0.2, 0) is 10.0 Å². The van der Waals surface area contributed by atoms with Crippen molar-refractivity contribution in [2.75, 3.05) is 13.1 Å². The molecule has 2 aromatic carbocycles. The van der Waals surface area contributed by atoms with Crippen LogP contribution in [0.4, 0.5) is 0 Å². The molecule has 1 heterocycles. The normalized spacial score (nSPS) is 11.8. The van der Waals surface area contributed by atoms with Crippen LogP contribution in [0.1, 0.15) is 13.8 Å². The first-order valence-electron chi connectivity index (χ1n) is 8.27. The zero-order chi connectivity index (χ0) is 18.7. The number of hydrogen-bond acceptors (Lipinski definition) is 4. The van der Waals surface area contributed by atoms with Gasteiger partial charge < -0.3 is 0 Å². The molecule has 0 N–H and O–H groups in total. The minimum Gasteiger partial charge on any atom is -0.236 e. The van der Waals surface area contributed by atoms with E-state index in [2.05, 4.69) is 4.98 Å². The molecular formula is C19H19ClN2O2S2. The van der Waals surface area contributed by atoms with Gasteiger partial charge in [-0.3, -0.25) is 0 Å². The molecule has 0 aliphatic heterocycles. The highest BCUT2D eigenvalue weighted by atomic mass is 35.5. The number of sulfonamides is 1. The van der Waals surface area contributed by atoms with E-state index >= 15 is 0 Å². The Kier molecular flexibility index (Phi) is 5.77. The third kappa shape index (κ3) is 3.83. The van der Waals surface area contributed by atoms with E-state index in [4.69, 9.17) is 11.6 Å². The van der Waals surface area contributed by atoms with Crippen molar-refractivity contribution in [2.45, 2.75) is 18.7 Å². The lowest BCUT2D eigenvalue weighted by molar-refractivity contribution is 0.445. The molecule has 26 heavy (non-hydrogen) atoms. The molecule has 3 rings (SSSR count). The van der Waals surface area contributed by atoms with Gasteiger partial charge in [0.15, 0.2) is 0 Å². The van der Waals surface area contributed by atoms with Gasteiger partial charge in [0.2, 0.25) is 10.0 Å². The second-order valence-corrected chi connectivity index (χ2v) is 8.89. The molecule has 0 radical (unpaired) electrons. The van der Waals surface area contributed by atoms with Gasteiger partial charge in [0, 0.05) is 34.6 Å². The fraction of sp³-hybridized carbons (Fsp3) is 0.211. The van der Waals surface area contributed by atoms with Gasteiger partial charge in [-0.1, -0.05) is 49.7 Å². The largest absolute Gasteiger partial charge is 0.243 e. The number of hydrogen-bond donors (Lipinski definition) is 0. The summed E-state index contributed by atoms with van der Waals surface area (Å²) in [4.78, 5) is 4.96. The molecule has 0 unspecified atom stereocenters. The number of nitrogens with zero attached hydrogens (tertiary/aromatic N) is 2. The summed E-state index contributed by atoms with van der Waals surface area (Å²) in [7, 11) is -3.44. The van der Waals surface area contributed by atoms with Gasteiger partial charge in [-0.2, -0.15) is 4.31 Å². The molecule has 0 spiro atoms. The Bertz CT molecular complexity index is 977. The lowest BCUT2D eigenvalue weighted by atomic mass is 10.2. The van der Waals surface area contributed by atoms with Crippen molar-refractivity contribution in [3.8, 4) is 21.8 Å². The summed E-state index contributed by atoms with van der Waals surface area (Å²) >= 11 is 7.47. The Labute approximate surface area is 163 Å². The number of benzene rings is 2. The summed E-state index contributed by atoms with van der Waals surface area (Å²) in [5.74, 6) is 0. The zero-order valence-electron chi connectivity index (χ0n) is 14.5. The van der Waals surface area contributed by atoms with Crippen molar-refractivity contribution in [1.82, 2.24) is 9.29 Å². The number of thiazole rings is 1. The van der Waals surface area contributed by atoms with Crippen LogP contribution in [0.25, 0.3) is 21.8 Å². The van der Waals surface area contributed by atoms with Crippen molar-refractivity contribution >= 4 is 33.0 Å². The Morgan fingerprint density at radius 3 is 2.12 bits per heavy atom. The fourth-order valence-electron chi connectivity index (χ4n) is 2.64. The highest BCUT2D eigenvalue weighted by Crippen LogP contribution is 2.30. The van der Waals surface area contributed by atoms with Crippen LogP contribution in [0.5, 0.6) is 0 Å². The Hall–Kier alpha value is -1.73. The van der Waals surface area contributed by atoms with E-state index in [1.807, 2.05) is 43.5 Å². The molecule has 136 valence electrons.